The molecule has 0 saturated carbocycles. The highest BCUT2D eigenvalue weighted by atomic mass is 32.1. The van der Waals surface area contributed by atoms with Crippen molar-refractivity contribution in [3.63, 3.8) is 0 Å². The lowest BCUT2D eigenvalue weighted by Gasteiger charge is -2.06. The lowest BCUT2D eigenvalue weighted by Crippen LogP contribution is -2.02. The third-order valence-electron chi connectivity index (χ3n) is 4.44. The number of aryl methyl sites for hydroxylation is 2. The third kappa shape index (κ3) is 3.21. The maximum absolute atomic E-state index is 8.68. The van der Waals surface area contributed by atoms with Crippen molar-refractivity contribution in [2.24, 2.45) is 0 Å². The molecule has 3 heterocycles. The average Bonchev–Trinajstić information content (AvgIpc) is 3.26. The molecule has 0 unspecified atom stereocenters. The third-order valence-corrected chi connectivity index (χ3v) is 5.36. The SMILES string of the molecule is C=C(NC#N)c1ccc(Nc2ncc(-c3c(C)nc4cccc(C)n34)s2)cc1. The van der Waals surface area contributed by atoms with Crippen LogP contribution in [0.25, 0.3) is 21.9 Å². The van der Waals surface area contributed by atoms with Crippen LogP contribution in [-0.4, -0.2) is 14.4 Å². The van der Waals surface area contributed by atoms with Gasteiger partial charge >= 0.3 is 0 Å². The van der Waals surface area contributed by atoms with E-state index in [0.29, 0.717) is 5.70 Å². The molecule has 28 heavy (non-hydrogen) atoms. The normalized spacial score (nSPS) is 10.6. The summed E-state index contributed by atoms with van der Waals surface area (Å²) in [5.41, 5.74) is 6.49. The largest absolute Gasteiger partial charge is 0.332 e. The summed E-state index contributed by atoms with van der Waals surface area (Å²) in [5, 5.41) is 15.4. The Kier molecular flexibility index (Phi) is 4.55. The van der Waals surface area contributed by atoms with Crippen molar-refractivity contribution in [2.75, 3.05) is 5.32 Å². The zero-order valence-electron chi connectivity index (χ0n) is 15.5. The number of imidazole rings is 1. The summed E-state index contributed by atoms with van der Waals surface area (Å²) >= 11 is 1.59. The molecular formula is C21H18N6S. The van der Waals surface area contributed by atoms with Crippen molar-refractivity contribution < 1.29 is 0 Å². The van der Waals surface area contributed by atoms with E-state index in [9.17, 15) is 0 Å². The Labute approximate surface area is 166 Å². The van der Waals surface area contributed by atoms with Gasteiger partial charge in [-0.2, -0.15) is 5.26 Å². The monoisotopic (exact) mass is 386 g/mol. The van der Waals surface area contributed by atoms with Gasteiger partial charge in [-0.25, -0.2) is 9.97 Å². The highest BCUT2D eigenvalue weighted by Gasteiger charge is 2.15. The Morgan fingerprint density at radius 3 is 2.71 bits per heavy atom. The Balaban J connectivity index is 1.60. The van der Waals surface area contributed by atoms with Crippen LogP contribution in [0.4, 0.5) is 10.8 Å². The average molecular weight is 386 g/mol. The molecule has 2 N–H and O–H groups in total. The zero-order chi connectivity index (χ0) is 19.7. The van der Waals surface area contributed by atoms with Gasteiger partial charge in [-0.3, -0.25) is 9.72 Å². The van der Waals surface area contributed by atoms with Crippen LogP contribution in [-0.2, 0) is 0 Å². The molecule has 0 spiro atoms. The van der Waals surface area contributed by atoms with E-state index < -0.39 is 0 Å². The van der Waals surface area contributed by atoms with Crippen LogP contribution >= 0.6 is 11.3 Å². The van der Waals surface area contributed by atoms with Crippen molar-refractivity contribution in [3.05, 3.63) is 72.2 Å². The van der Waals surface area contributed by atoms with Crippen molar-refractivity contribution in [1.29, 1.82) is 5.26 Å². The second-order valence-corrected chi connectivity index (χ2v) is 7.38. The number of nitrogens with one attached hydrogen (secondary N) is 2. The highest BCUT2D eigenvalue weighted by molar-refractivity contribution is 7.18. The van der Waals surface area contributed by atoms with Gasteiger partial charge in [-0.1, -0.05) is 36.1 Å². The lowest BCUT2D eigenvalue weighted by molar-refractivity contribution is 1.10. The van der Waals surface area contributed by atoms with Gasteiger partial charge in [-0.05, 0) is 43.7 Å². The molecule has 0 bridgehead atoms. The molecule has 0 aliphatic carbocycles. The van der Waals surface area contributed by atoms with Crippen molar-refractivity contribution in [1.82, 2.24) is 19.7 Å². The van der Waals surface area contributed by atoms with Crippen molar-refractivity contribution in [3.8, 4) is 16.8 Å². The minimum Gasteiger partial charge on any atom is -0.332 e. The van der Waals surface area contributed by atoms with Crippen LogP contribution in [0, 0.1) is 25.3 Å². The summed E-state index contributed by atoms with van der Waals surface area (Å²) < 4.78 is 2.16. The molecule has 0 fully saturated rings. The summed E-state index contributed by atoms with van der Waals surface area (Å²) in [4.78, 5) is 10.3. The van der Waals surface area contributed by atoms with Gasteiger partial charge in [0.15, 0.2) is 11.3 Å². The minimum atomic E-state index is 0.573. The number of nitrogens with zero attached hydrogens (tertiary/aromatic N) is 4. The highest BCUT2D eigenvalue weighted by Crippen LogP contribution is 2.33. The van der Waals surface area contributed by atoms with Gasteiger partial charge in [-0.15, -0.1) is 0 Å². The number of benzene rings is 1. The number of thiazole rings is 1. The van der Waals surface area contributed by atoms with E-state index in [1.807, 2.05) is 55.7 Å². The van der Waals surface area contributed by atoms with Crippen molar-refractivity contribution in [2.45, 2.75) is 13.8 Å². The Bertz CT molecular complexity index is 1210. The van der Waals surface area contributed by atoms with Gasteiger partial charge in [0.1, 0.15) is 5.65 Å². The van der Waals surface area contributed by atoms with Gasteiger partial charge in [0.05, 0.1) is 16.3 Å². The van der Waals surface area contributed by atoms with E-state index in [-0.39, 0.29) is 0 Å². The van der Waals surface area contributed by atoms with Gasteiger partial charge in [0.25, 0.3) is 0 Å². The predicted octanol–water partition coefficient (Wildman–Crippen LogP) is 4.86. The summed E-state index contributed by atoms with van der Waals surface area (Å²) in [5.74, 6) is 0. The Morgan fingerprint density at radius 2 is 1.96 bits per heavy atom. The van der Waals surface area contributed by atoms with Crippen LogP contribution in [0.15, 0.2) is 55.2 Å². The standard InChI is InChI=1S/C21H18N6S/c1-13-5-4-6-19-25-15(3)20(27(13)19)18-11-23-21(28-18)26-17-9-7-16(8-10-17)14(2)24-12-22/h4-11,24H,2H2,1,3H3,(H,23,26). The minimum absolute atomic E-state index is 0.573. The molecule has 7 heteroatoms. The number of nitriles is 1. The first kappa shape index (κ1) is 17.8. The molecule has 4 rings (SSSR count). The van der Waals surface area contributed by atoms with Gasteiger partial charge in [0, 0.05) is 23.3 Å². The summed E-state index contributed by atoms with van der Waals surface area (Å²) in [6, 6.07) is 13.8. The second-order valence-electron chi connectivity index (χ2n) is 6.35. The number of hydrogen-bond acceptors (Lipinski definition) is 6. The fraction of sp³-hybridized carbons (Fsp3) is 0.0952. The van der Waals surface area contributed by atoms with Crippen LogP contribution in [0.2, 0.25) is 0 Å². The van der Waals surface area contributed by atoms with E-state index >= 15 is 0 Å². The molecule has 0 amide bonds. The number of anilines is 2. The summed E-state index contributed by atoms with van der Waals surface area (Å²) in [7, 11) is 0. The quantitative estimate of drug-likeness (QED) is 0.378. The fourth-order valence-corrected chi connectivity index (χ4v) is 4.04. The van der Waals surface area contributed by atoms with Crippen LogP contribution in [0.1, 0.15) is 17.0 Å². The molecule has 0 atom stereocenters. The number of rotatable bonds is 5. The number of hydrogen-bond donors (Lipinski definition) is 2. The van der Waals surface area contributed by atoms with Gasteiger partial charge < -0.3 is 5.32 Å². The first-order valence-electron chi connectivity index (χ1n) is 8.69. The molecule has 0 saturated heterocycles. The van der Waals surface area contributed by atoms with E-state index in [1.54, 1.807) is 11.3 Å². The summed E-state index contributed by atoms with van der Waals surface area (Å²) in [6.45, 7) is 7.93. The molecular weight excluding hydrogens is 368 g/mol. The van der Waals surface area contributed by atoms with Crippen LogP contribution in [0.3, 0.4) is 0 Å². The van der Waals surface area contributed by atoms with E-state index in [4.69, 9.17) is 5.26 Å². The molecule has 0 radical (unpaired) electrons. The smallest absolute Gasteiger partial charge is 0.187 e. The summed E-state index contributed by atoms with van der Waals surface area (Å²) in [6.07, 6.45) is 3.75. The van der Waals surface area contributed by atoms with E-state index in [2.05, 4.69) is 44.6 Å². The van der Waals surface area contributed by atoms with Gasteiger partial charge in [0.2, 0.25) is 0 Å². The lowest BCUT2D eigenvalue weighted by atomic mass is 10.1. The Hall–Kier alpha value is -3.63. The first-order chi connectivity index (χ1) is 13.6. The van der Waals surface area contributed by atoms with E-state index in [0.717, 1.165) is 44.0 Å². The van der Waals surface area contributed by atoms with E-state index in [1.165, 1.54) is 0 Å². The van der Waals surface area contributed by atoms with Crippen molar-refractivity contribution >= 4 is 33.5 Å². The molecule has 138 valence electrons. The maximum atomic E-state index is 8.68. The first-order valence-corrected chi connectivity index (χ1v) is 9.51. The Morgan fingerprint density at radius 1 is 1.18 bits per heavy atom. The number of pyridine rings is 1. The number of aromatic nitrogens is 3. The second kappa shape index (κ2) is 7.18. The molecule has 0 aliphatic rings. The zero-order valence-corrected chi connectivity index (χ0v) is 16.3. The molecule has 1 aromatic carbocycles. The maximum Gasteiger partial charge on any atom is 0.187 e. The predicted molar refractivity (Wildman–Crippen MR) is 113 cm³/mol. The fourth-order valence-electron chi connectivity index (χ4n) is 3.12. The van der Waals surface area contributed by atoms with Crippen LogP contribution in [0.5, 0.6) is 0 Å². The topological polar surface area (TPSA) is 78.0 Å². The molecule has 3 aromatic heterocycles. The number of fused-ring (bicyclic) bond motifs is 1. The molecule has 0 aliphatic heterocycles. The molecule has 4 aromatic rings. The molecule has 6 nitrogen and oxygen atoms in total. The van der Waals surface area contributed by atoms with Crippen LogP contribution < -0.4 is 10.6 Å².